The van der Waals surface area contributed by atoms with Gasteiger partial charge in [0.1, 0.15) is 0 Å². The van der Waals surface area contributed by atoms with Crippen LogP contribution in [0.4, 0.5) is 5.13 Å². The number of fused-ring (bicyclic) bond motifs is 3. The van der Waals surface area contributed by atoms with Crippen molar-refractivity contribution in [2.45, 2.75) is 12.8 Å². The summed E-state index contributed by atoms with van der Waals surface area (Å²) in [5, 5.41) is 0.788. The molecule has 3 aromatic rings. The van der Waals surface area contributed by atoms with Crippen LogP contribution >= 0.6 is 11.3 Å². The second-order valence-corrected chi connectivity index (χ2v) is 6.86. The normalized spacial score (nSPS) is 12.7. The molecule has 126 valence electrons. The molecule has 0 amide bonds. The number of hydrogen-bond acceptors (Lipinski definition) is 5. The lowest BCUT2D eigenvalue weighted by atomic mass is 9.94. The lowest BCUT2D eigenvalue weighted by molar-refractivity contribution is 0.355. The highest BCUT2D eigenvalue weighted by Crippen LogP contribution is 2.38. The van der Waals surface area contributed by atoms with Crippen LogP contribution in [0.5, 0.6) is 11.5 Å². The molecule has 1 heterocycles. The fourth-order valence-corrected chi connectivity index (χ4v) is 3.97. The van der Waals surface area contributed by atoms with Gasteiger partial charge in [-0.3, -0.25) is 0 Å². The molecule has 0 saturated heterocycles. The molecule has 4 nitrogen and oxygen atoms in total. The van der Waals surface area contributed by atoms with Crippen LogP contribution in [0.3, 0.4) is 0 Å². The molecule has 5 heteroatoms. The zero-order valence-corrected chi connectivity index (χ0v) is 15.0. The van der Waals surface area contributed by atoms with Crippen molar-refractivity contribution in [2.75, 3.05) is 14.2 Å². The second kappa shape index (κ2) is 6.69. The van der Waals surface area contributed by atoms with E-state index in [0.29, 0.717) is 11.5 Å². The van der Waals surface area contributed by atoms with Gasteiger partial charge in [-0.15, -0.1) is 0 Å². The van der Waals surface area contributed by atoms with Crippen molar-refractivity contribution in [3.05, 3.63) is 58.5 Å². The third-order valence-corrected chi connectivity index (χ3v) is 5.33. The molecule has 1 aliphatic carbocycles. The third kappa shape index (κ3) is 3.03. The SMILES string of the molecule is COc1ccc(C=Nc2nc3c(s2)CCc2ccccc2-3)cc1OC. The highest BCUT2D eigenvalue weighted by molar-refractivity contribution is 7.15. The van der Waals surface area contributed by atoms with Crippen molar-refractivity contribution in [3.63, 3.8) is 0 Å². The highest BCUT2D eigenvalue weighted by atomic mass is 32.1. The number of hydrogen-bond donors (Lipinski definition) is 0. The second-order valence-electron chi connectivity index (χ2n) is 5.80. The number of methoxy groups -OCH3 is 2. The van der Waals surface area contributed by atoms with Crippen LogP contribution in [0.25, 0.3) is 11.3 Å². The van der Waals surface area contributed by atoms with Gasteiger partial charge in [0.2, 0.25) is 5.13 Å². The smallest absolute Gasteiger partial charge is 0.209 e. The van der Waals surface area contributed by atoms with E-state index in [9.17, 15) is 0 Å². The summed E-state index contributed by atoms with van der Waals surface area (Å²) < 4.78 is 10.6. The molecule has 1 aliphatic rings. The molecule has 25 heavy (non-hydrogen) atoms. The van der Waals surface area contributed by atoms with E-state index in [4.69, 9.17) is 14.5 Å². The first kappa shape index (κ1) is 15.8. The van der Waals surface area contributed by atoms with E-state index in [0.717, 1.165) is 29.2 Å². The fraction of sp³-hybridized carbons (Fsp3) is 0.200. The monoisotopic (exact) mass is 350 g/mol. The maximum atomic E-state index is 5.33. The van der Waals surface area contributed by atoms with Crippen molar-refractivity contribution in [1.82, 2.24) is 4.98 Å². The van der Waals surface area contributed by atoms with Crippen LogP contribution in [0.2, 0.25) is 0 Å². The summed E-state index contributed by atoms with van der Waals surface area (Å²) in [6.07, 6.45) is 3.93. The zero-order chi connectivity index (χ0) is 17.2. The van der Waals surface area contributed by atoms with Gasteiger partial charge in [0, 0.05) is 16.7 Å². The number of aliphatic imine (C=N–C) groups is 1. The van der Waals surface area contributed by atoms with Crippen molar-refractivity contribution < 1.29 is 9.47 Å². The molecule has 0 N–H and O–H groups in total. The number of aryl methyl sites for hydroxylation is 2. The molecular formula is C20H18N2O2S. The van der Waals surface area contributed by atoms with Crippen molar-refractivity contribution in [3.8, 4) is 22.8 Å². The van der Waals surface area contributed by atoms with E-state index in [1.807, 2.05) is 24.4 Å². The molecule has 0 bridgehead atoms. The van der Waals surface area contributed by atoms with Crippen LogP contribution < -0.4 is 9.47 Å². The van der Waals surface area contributed by atoms with Crippen LogP contribution in [0.15, 0.2) is 47.5 Å². The van der Waals surface area contributed by atoms with Gasteiger partial charge in [-0.2, -0.15) is 0 Å². The quantitative estimate of drug-likeness (QED) is 0.642. The number of aromatic nitrogens is 1. The van der Waals surface area contributed by atoms with Crippen molar-refractivity contribution in [1.29, 1.82) is 0 Å². The topological polar surface area (TPSA) is 43.7 Å². The molecule has 0 radical (unpaired) electrons. The predicted molar refractivity (Wildman–Crippen MR) is 102 cm³/mol. The lowest BCUT2D eigenvalue weighted by Crippen LogP contribution is -2.01. The molecule has 1 aromatic heterocycles. The Morgan fingerprint density at radius 3 is 2.72 bits per heavy atom. The van der Waals surface area contributed by atoms with Gasteiger partial charge in [0.05, 0.1) is 19.9 Å². The number of rotatable bonds is 4. The van der Waals surface area contributed by atoms with Crippen LogP contribution in [0, 0.1) is 0 Å². The molecule has 0 unspecified atom stereocenters. The first-order valence-electron chi connectivity index (χ1n) is 8.12. The Morgan fingerprint density at radius 1 is 1.04 bits per heavy atom. The summed E-state index contributed by atoms with van der Waals surface area (Å²) in [7, 11) is 3.26. The summed E-state index contributed by atoms with van der Waals surface area (Å²) in [4.78, 5) is 10.6. The largest absolute Gasteiger partial charge is 0.493 e. The lowest BCUT2D eigenvalue weighted by Gasteiger charge is -2.13. The maximum absolute atomic E-state index is 5.33. The summed E-state index contributed by atoms with van der Waals surface area (Å²) in [5.74, 6) is 1.40. The number of benzene rings is 2. The number of thiazole rings is 1. The molecule has 0 aliphatic heterocycles. The minimum Gasteiger partial charge on any atom is -0.493 e. The first-order valence-corrected chi connectivity index (χ1v) is 8.94. The fourth-order valence-electron chi connectivity index (χ4n) is 3.05. The van der Waals surface area contributed by atoms with E-state index in [2.05, 4.69) is 29.3 Å². The van der Waals surface area contributed by atoms with Crippen LogP contribution in [0.1, 0.15) is 16.0 Å². The average Bonchev–Trinajstić information content (AvgIpc) is 3.09. The highest BCUT2D eigenvalue weighted by Gasteiger charge is 2.20. The van der Waals surface area contributed by atoms with Gasteiger partial charge in [-0.1, -0.05) is 35.6 Å². The molecule has 0 spiro atoms. The van der Waals surface area contributed by atoms with Gasteiger partial charge in [-0.25, -0.2) is 9.98 Å². The Balaban J connectivity index is 1.63. The Morgan fingerprint density at radius 2 is 1.88 bits per heavy atom. The van der Waals surface area contributed by atoms with Crippen LogP contribution in [-0.2, 0) is 12.8 Å². The first-order chi connectivity index (χ1) is 12.3. The number of nitrogens with zero attached hydrogens (tertiary/aromatic N) is 2. The van der Waals surface area contributed by atoms with E-state index >= 15 is 0 Å². The van der Waals surface area contributed by atoms with Gasteiger partial charge < -0.3 is 9.47 Å². The Kier molecular flexibility index (Phi) is 4.24. The minimum atomic E-state index is 0.693. The standard InChI is InChI=1S/C20H18N2O2S/c1-23-16-9-7-13(11-17(16)24-2)12-21-20-22-19-15-6-4-3-5-14(15)8-10-18(19)25-20/h3-7,9,11-12H,8,10H2,1-2H3. The summed E-state index contributed by atoms with van der Waals surface area (Å²) in [5.41, 5.74) is 4.65. The van der Waals surface area contributed by atoms with E-state index in [1.165, 1.54) is 16.0 Å². The van der Waals surface area contributed by atoms with E-state index in [-0.39, 0.29) is 0 Å². The van der Waals surface area contributed by atoms with Crippen LogP contribution in [-0.4, -0.2) is 25.4 Å². The van der Waals surface area contributed by atoms with Gasteiger partial charge in [-0.05, 0) is 42.2 Å². The maximum Gasteiger partial charge on any atom is 0.209 e. The predicted octanol–water partition coefficient (Wildman–Crippen LogP) is 4.68. The van der Waals surface area contributed by atoms with Crippen molar-refractivity contribution in [2.24, 2.45) is 4.99 Å². The third-order valence-electron chi connectivity index (χ3n) is 4.31. The average molecular weight is 350 g/mol. The Labute approximate surface area is 150 Å². The molecule has 0 saturated carbocycles. The van der Waals surface area contributed by atoms with E-state index in [1.54, 1.807) is 25.6 Å². The Hall–Kier alpha value is -2.66. The molecular weight excluding hydrogens is 332 g/mol. The van der Waals surface area contributed by atoms with Gasteiger partial charge in [0.15, 0.2) is 11.5 Å². The summed E-state index contributed by atoms with van der Waals surface area (Å²) >= 11 is 1.67. The Bertz CT molecular complexity index is 947. The molecule has 0 fully saturated rings. The molecule has 0 atom stereocenters. The van der Waals surface area contributed by atoms with Gasteiger partial charge in [0.25, 0.3) is 0 Å². The number of ether oxygens (including phenoxy) is 2. The summed E-state index contributed by atoms with van der Waals surface area (Å²) in [6, 6.07) is 14.2. The zero-order valence-electron chi connectivity index (χ0n) is 14.2. The summed E-state index contributed by atoms with van der Waals surface area (Å²) in [6.45, 7) is 0. The molecule has 4 rings (SSSR count). The van der Waals surface area contributed by atoms with Gasteiger partial charge >= 0.3 is 0 Å². The van der Waals surface area contributed by atoms with Crippen molar-refractivity contribution >= 4 is 22.7 Å². The van der Waals surface area contributed by atoms with E-state index < -0.39 is 0 Å². The molecule has 2 aromatic carbocycles. The minimum absolute atomic E-state index is 0.693.